The van der Waals surface area contributed by atoms with E-state index in [9.17, 15) is 14.0 Å². The number of halogens is 1. The van der Waals surface area contributed by atoms with Gasteiger partial charge in [0.1, 0.15) is 11.6 Å². The molecule has 1 heterocycles. The second kappa shape index (κ2) is 12.1. The van der Waals surface area contributed by atoms with Crippen LogP contribution in [0.5, 0.6) is 5.75 Å². The number of methoxy groups -OCH3 is 1. The molecule has 0 aliphatic heterocycles. The number of anilines is 1. The van der Waals surface area contributed by atoms with E-state index < -0.39 is 0 Å². The molecule has 174 valence electrons. The maximum absolute atomic E-state index is 13.0. The van der Waals surface area contributed by atoms with Gasteiger partial charge in [-0.3, -0.25) is 14.5 Å². The summed E-state index contributed by atoms with van der Waals surface area (Å²) in [7, 11) is 1.63. The van der Waals surface area contributed by atoms with Crippen LogP contribution in [0.3, 0.4) is 0 Å². The first kappa shape index (κ1) is 24.4. The Balaban J connectivity index is 1.57. The number of ether oxygens (including phenoxy) is 1. The normalized spacial score (nSPS) is 11.8. The average Bonchev–Trinajstić information content (AvgIpc) is 3.32. The number of carbonyl (C=O) groups is 2. The van der Waals surface area contributed by atoms with E-state index in [2.05, 4.69) is 28.5 Å². The van der Waals surface area contributed by atoms with Crippen LogP contribution in [-0.2, 0) is 22.6 Å². The third-order valence-electron chi connectivity index (χ3n) is 5.17. The van der Waals surface area contributed by atoms with Crippen molar-refractivity contribution in [3.05, 3.63) is 82.3 Å². The Morgan fingerprint density at radius 3 is 2.42 bits per heavy atom. The number of amides is 2. The number of nitrogens with one attached hydrogen (secondary N) is 2. The second-order valence-corrected chi connectivity index (χ2v) is 8.75. The molecule has 3 aromatic rings. The summed E-state index contributed by atoms with van der Waals surface area (Å²) in [5.74, 6) is -0.212. The fourth-order valence-corrected chi connectivity index (χ4v) is 4.17. The number of rotatable bonds is 11. The van der Waals surface area contributed by atoms with Crippen LogP contribution in [0.4, 0.5) is 10.1 Å². The van der Waals surface area contributed by atoms with E-state index in [0.717, 1.165) is 17.7 Å². The van der Waals surface area contributed by atoms with Crippen molar-refractivity contribution < 1.29 is 18.7 Å². The largest absolute Gasteiger partial charge is 0.497 e. The molecule has 0 saturated heterocycles. The Hall–Kier alpha value is -3.23. The Bertz CT molecular complexity index is 1020. The number of benzene rings is 2. The van der Waals surface area contributed by atoms with E-state index in [4.69, 9.17) is 4.74 Å². The Morgan fingerprint density at radius 1 is 1.06 bits per heavy atom. The predicted octanol–water partition coefficient (Wildman–Crippen LogP) is 4.08. The smallest absolute Gasteiger partial charge is 0.243 e. The molecule has 0 fully saturated rings. The number of nitrogens with zero attached hydrogens (tertiary/aromatic N) is 1. The van der Waals surface area contributed by atoms with Crippen LogP contribution in [0.25, 0.3) is 0 Å². The fraction of sp³-hybridized carbons (Fsp3) is 0.280. The molecule has 8 heteroatoms. The molecule has 2 amide bonds. The summed E-state index contributed by atoms with van der Waals surface area (Å²) in [6.07, 6.45) is 0.826. The summed E-state index contributed by atoms with van der Waals surface area (Å²) in [6, 6.07) is 17.5. The lowest BCUT2D eigenvalue weighted by Gasteiger charge is -2.28. The van der Waals surface area contributed by atoms with E-state index in [-0.39, 0.29) is 36.8 Å². The quantitative estimate of drug-likeness (QED) is 0.444. The molecule has 1 aromatic heterocycles. The minimum Gasteiger partial charge on any atom is -0.497 e. The van der Waals surface area contributed by atoms with Gasteiger partial charge in [-0.2, -0.15) is 0 Å². The molecule has 0 saturated carbocycles. The SMILES string of the molecule is COc1ccc(CN(CC(=O)NCC(=O)Nc2ccc(F)cc2)C(C)Cc2cccs2)cc1. The highest BCUT2D eigenvalue weighted by Gasteiger charge is 2.19. The summed E-state index contributed by atoms with van der Waals surface area (Å²) in [5, 5.41) is 7.36. The van der Waals surface area contributed by atoms with Gasteiger partial charge < -0.3 is 15.4 Å². The number of hydrogen-bond donors (Lipinski definition) is 2. The van der Waals surface area contributed by atoms with Gasteiger partial charge in [0, 0.05) is 23.2 Å². The molecule has 3 rings (SSSR count). The maximum atomic E-state index is 13.0. The zero-order valence-electron chi connectivity index (χ0n) is 18.7. The summed E-state index contributed by atoms with van der Waals surface area (Å²) in [6.45, 7) is 2.68. The molecule has 1 unspecified atom stereocenters. The van der Waals surface area contributed by atoms with Crippen LogP contribution in [0.1, 0.15) is 17.4 Å². The van der Waals surface area contributed by atoms with E-state index in [1.165, 1.54) is 29.1 Å². The van der Waals surface area contributed by atoms with Gasteiger partial charge in [-0.25, -0.2) is 4.39 Å². The first-order valence-corrected chi connectivity index (χ1v) is 11.5. The van der Waals surface area contributed by atoms with Gasteiger partial charge in [-0.15, -0.1) is 11.3 Å². The molecule has 1 atom stereocenters. The van der Waals surface area contributed by atoms with Crippen molar-refractivity contribution >= 4 is 28.8 Å². The molecular formula is C25H28FN3O3S. The van der Waals surface area contributed by atoms with Crippen molar-refractivity contribution in [3.63, 3.8) is 0 Å². The van der Waals surface area contributed by atoms with Crippen LogP contribution in [0, 0.1) is 5.82 Å². The highest BCUT2D eigenvalue weighted by atomic mass is 32.1. The van der Waals surface area contributed by atoms with Crippen LogP contribution in [-0.4, -0.2) is 43.0 Å². The maximum Gasteiger partial charge on any atom is 0.243 e. The number of carbonyl (C=O) groups excluding carboxylic acids is 2. The molecule has 0 aliphatic rings. The summed E-state index contributed by atoms with van der Waals surface area (Å²) < 4.78 is 18.2. The standard InChI is InChI=1S/C25H28FN3O3S/c1-18(14-23-4-3-13-33-23)29(16-19-5-11-22(32-2)12-6-19)17-25(31)27-15-24(30)28-21-9-7-20(26)8-10-21/h3-13,18H,14-17H2,1-2H3,(H,27,31)(H,28,30). The topological polar surface area (TPSA) is 70.7 Å². The van der Waals surface area contributed by atoms with Crippen LogP contribution >= 0.6 is 11.3 Å². The van der Waals surface area contributed by atoms with Crippen LogP contribution in [0.15, 0.2) is 66.0 Å². The van der Waals surface area contributed by atoms with Crippen LogP contribution in [0.2, 0.25) is 0 Å². The Morgan fingerprint density at radius 2 is 1.79 bits per heavy atom. The molecule has 0 bridgehead atoms. The molecule has 6 nitrogen and oxygen atoms in total. The summed E-state index contributed by atoms with van der Waals surface area (Å²) >= 11 is 1.69. The van der Waals surface area contributed by atoms with E-state index in [1.807, 2.05) is 35.7 Å². The van der Waals surface area contributed by atoms with E-state index in [0.29, 0.717) is 12.2 Å². The summed E-state index contributed by atoms with van der Waals surface area (Å²) in [5.41, 5.74) is 1.54. The molecule has 0 aliphatic carbocycles. The zero-order valence-corrected chi connectivity index (χ0v) is 19.5. The van der Waals surface area contributed by atoms with E-state index in [1.54, 1.807) is 18.4 Å². The van der Waals surface area contributed by atoms with E-state index >= 15 is 0 Å². The van der Waals surface area contributed by atoms with Gasteiger partial charge in [0.05, 0.1) is 20.2 Å². The molecule has 2 aromatic carbocycles. The molecule has 33 heavy (non-hydrogen) atoms. The van der Waals surface area contributed by atoms with Gasteiger partial charge in [-0.05, 0) is 66.8 Å². The second-order valence-electron chi connectivity index (χ2n) is 7.72. The van der Waals surface area contributed by atoms with Gasteiger partial charge >= 0.3 is 0 Å². The van der Waals surface area contributed by atoms with Crippen molar-refractivity contribution in [2.45, 2.75) is 25.9 Å². The first-order chi connectivity index (χ1) is 15.9. The molecular weight excluding hydrogens is 441 g/mol. The van der Waals surface area contributed by atoms with Crippen molar-refractivity contribution in [2.24, 2.45) is 0 Å². The van der Waals surface area contributed by atoms with Gasteiger partial charge in [-0.1, -0.05) is 18.2 Å². The number of hydrogen-bond acceptors (Lipinski definition) is 5. The van der Waals surface area contributed by atoms with Crippen molar-refractivity contribution in [3.8, 4) is 5.75 Å². The van der Waals surface area contributed by atoms with Crippen LogP contribution < -0.4 is 15.4 Å². The first-order valence-electron chi connectivity index (χ1n) is 10.6. The average molecular weight is 470 g/mol. The monoisotopic (exact) mass is 469 g/mol. The fourth-order valence-electron chi connectivity index (χ4n) is 3.34. The lowest BCUT2D eigenvalue weighted by atomic mass is 10.1. The molecule has 0 radical (unpaired) electrons. The third-order valence-corrected chi connectivity index (χ3v) is 6.06. The summed E-state index contributed by atoms with van der Waals surface area (Å²) in [4.78, 5) is 28.1. The van der Waals surface area contributed by atoms with Gasteiger partial charge in [0.2, 0.25) is 11.8 Å². The Kier molecular flexibility index (Phi) is 8.97. The van der Waals surface area contributed by atoms with Gasteiger partial charge in [0.15, 0.2) is 0 Å². The predicted molar refractivity (Wildman–Crippen MR) is 129 cm³/mol. The minimum absolute atomic E-state index is 0.115. The Labute approximate surface area is 197 Å². The lowest BCUT2D eigenvalue weighted by molar-refractivity contribution is -0.125. The highest BCUT2D eigenvalue weighted by Crippen LogP contribution is 2.18. The highest BCUT2D eigenvalue weighted by molar-refractivity contribution is 7.09. The zero-order chi connectivity index (χ0) is 23.6. The molecule has 0 spiro atoms. The number of thiophene rings is 1. The van der Waals surface area contributed by atoms with Crippen molar-refractivity contribution in [1.29, 1.82) is 0 Å². The van der Waals surface area contributed by atoms with Crippen molar-refractivity contribution in [2.75, 3.05) is 25.5 Å². The van der Waals surface area contributed by atoms with Gasteiger partial charge in [0.25, 0.3) is 0 Å². The lowest BCUT2D eigenvalue weighted by Crippen LogP contribution is -2.44. The molecule has 2 N–H and O–H groups in total. The van der Waals surface area contributed by atoms with Crippen molar-refractivity contribution in [1.82, 2.24) is 10.2 Å². The third kappa shape index (κ3) is 8.00. The minimum atomic E-state index is -0.380.